The summed E-state index contributed by atoms with van der Waals surface area (Å²) in [5.41, 5.74) is 0.737. The normalized spacial score (nSPS) is 15.7. The van der Waals surface area contributed by atoms with Crippen LogP contribution in [0.4, 0.5) is 0 Å². The van der Waals surface area contributed by atoms with E-state index in [2.05, 4.69) is 0 Å². The Balaban J connectivity index is 1.65. The van der Waals surface area contributed by atoms with Gasteiger partial charge in [0.05, 0.1) is 24.2 Å². The number of hydrogen-bond donors (Lipinski definition) is 0. The van der Waals surface area contributed by atoms with Crippen LogP contribution in [0.5, 0.6) is 11.5 Å². The van der Waals surface area contributed by atoms with Gasteiger partial charge in [-0.1, -0.05) is 18.2 Å². The maximum absolute atomic E-state index is 13.1. The molecule has 7 heteroatoms. The molecule has 6 nitrogen and oxygen atoms in total. The molecule has 3 aromatic rings. The number of para-hydroxylation sites is 1. The molecule has 0 saturated carbocycles. The van der Waals surface area contributed by atoms with E-state index < -0.39 is 16.1 Å². The van der Waals surface area contributed by atoms with Crippen LogP contribution in [-0.4, -0.2) is 33.0 Å². The van der Waals surface area contributed by atoms with Crippen molar-refractivity contribution in [3.8, 4) is 11.5 Å². The van der Waals surface area contributed by atoms with Gasteiger partial charge in [-0.25, -0.2) is 8.42 Å². The topological polar surface area (TPSA) is 69.0 Å². The van der Waals surface area contributed by atoms with Crippen LogP contribution < -0.4 is 9.47 Å². The Hall–Kier alpha value is -2.51. The highest BCUT2D eigenvalue weighted by Crippen LogP contribution is 2.35. The molecule has 27 heavy (non-hydrogen) atoms. The van der Waals surface area contributed by atoms with Crippen molar-refractivity contribution in [1.82, 2.24) is 4.31 Å². The van der Waals surface area contributed by atoms with E-state index in [-0.39, 0.29) is 4.90 Å². The third-order valence-corrected chi connectivity index (χ3v) is 6.72. The molecule has 142 valence electrons. The van der Waals surface area contributed by atoms with E-state index in [9.17, 15) is 8.42 Å². The van der Waals surface area contributed by atoms with Gasteiger partial charge in [0.25, 0.3) is 0 Å². The van der Waals surface area contributed by atoms with Crippen molar-refractivity contribution in [2.45, 2.75) is 24.3 Å². The zero-order chi connectivity index (χ0) is 19.0. The Morgan fingerprint density at radius 3 is 2.52 bits per heavy atom. The Labute approximate surface area is 158 Å². The fourth-order valence-electron chi connectivity index (χ4n) is 3.07. The van der Waals surface area contributed by atoms with Gasteiger partial charge < -0.3 is 13.9 Å². The first-order chi connectivity index (χ1) is 13.0. The highest BCUT2D eigenvalue weighted by molar-refractivity contribution is 7.89. The maximum Gasteiger partial charge on any atom is 0.243 e. The number of sulfonamides is 1. The molecule has 1 atom stereocenters. The van der Waals surface area contributed by atoms with Crippen molar-refractivity contribution in [3.63, 3.8) is 0 Å². The molecule has 1 aliphatic heterocycles. The van der Waals surface area contributed by atoms with Crippen molar-refractivity contribution < 1.29 is 22.3 Å². The van der Waals surface area contributed by atoms with Crippen LogP contribution in [0.3, 0.4) is 0 Å². The lowest BCUT2D eigenvalue weighted by Crippen LogP contribution is -2.29. The fourth-order valence-corrected chi connectivity index (χ4v) is 4.41. The molecule has 0 saturated heterocycles. The quantitative estimate of drug-likeness (QED) is 0.677. The molecule has 0 amide bonds. The van der Waals surface area contributed by atoms with Gasteiger partial charge in [0.15, 0.2) is 11.5 Å². The molecule has 0 bridgehead atoms. The average Bonchev–Trinajstić information content (AvgIpc) is 2.97. The summed E-state index contributed by atoms with van der Waals surface area (Å²) in [5.74, 6) is 1.62. The third-order valence-electron chi connectivity index (χ3n) is 4.80. The zero-order valence-electron chi connectivity index (χ0n) is 15.2. The second-order valence-corrected chi connectivity index (χ2v) is 8.54. The van der Waals surface area contributed by atoms with E-state index >= 15 is 0 Å². The molecular formula is C20H21NO5S. The Bertz CT molecular complexity index is 1040. The molecule has 0 N–H and O–H groups in total. The predicted octanol–water partition coefficient (Wildman–Crippen LogP) is 3.98. The number of rotatable bonds is 4. The number of fused-ring (bicyclic) bond motifs is 2. The Morgan fingerprint density at radius 2 is 1.74 bits per heavy atom. The van der Waals surface area contributed by atoms with Gasteiger partial charge in [-0.15, -0.1) is 0 Å². The molecule has 1 aromatic heterocycles. The summed E-state index contributed by atoms with van der Waals surface area (Å²) in [4.78, 5) is 0.164. The van der Waals surface area contributed by atoms with E-state index in [1.807, 2.05) is 30.3 Å². The minimum absolute atomic E-state index is 0.164. The summed E-state index contributed by atoms with van der Waals surface area (Å²) in [6.07, 6.45) is 0.764. The van der Waals surface area contributed by atoms with E-state index in [0.29, 0.717) is 30.5 Å². The lowest BCUT2D eigenvalue weighted by atomic mass is 10.2. The van der Waals surface area contributed by atoms with Crippen LogP contribution in [0, 0.1) is 0 Å². The molecule has 1 aliphatic rings. The molecular weight excluding hydrogens is 366 g/mol. The average molecular weight is 387 g/mol. The van der Waals surface area contributed by atoms with Crippen LogP contribution in [0.25, 0.3) is 11.0 Å². The maximum atomic E-state index is 13.1. The molecule has 1 unspecified atom stereocenters. The smallest absolute Gasteiger partial charge is 0.243 e. The van der Waals surface area contributed by atoms with Crippen LogP contribution >= 0.6 is 0 Å². The van der Waals surface area contributed by atoms with Crippen molar-refractivity contribution >= 4 is 21.0 Å². The molecule has 2 heterocycles. The van der Waals surface area contributed by atoms with Gasteiger partial charge in [0, 0.05) is 24.9 Å². The van der Waals surface area contributed by atoms with E-state index in [1.165, 1.54) is 10.4 Å². The van der Waals surface area contributed by atoms with Crippen molar-refractivity contribution in [2.75, 3.05) is 20.3 Å². The highest BCUT2D eigenvalue weighted by atomic mass is 32.2. The summed E-state index contributed by atoms with van der Waals surface area (Å²) in [5, 5.41) is 0.945. The summed E-state index contributed by atoms with van der Waals surface area (Å²) >= 11 is 0. The summed E-state index contributed by atoms with van der Waals surface area (Å²) in [6.45, 7) is 2.86. The monoisotopic (exact) mass is 387 g/mol. The highest BCUT2D eigenvalue weighted by Gasteiger charge is 2.29. The summed E-state index contributed by atoms with van der Waals surface area (Å²) < 4.78 is 44.6. The first kappa shape index (κ1) is 17.9. The second-order valence-electron chi connectivity index (χ2n) is 6.54. The van der Waals surface area contributed by atoms with Crippen LogP contribution in [0.15, 0.2) is 57.8 Å². The van der Waals surface area contributed by atoms with Crippen LogP contribution in [0.1, 0.15) is 25.1 Å². The van der Waals surface area contributed by atoms with Gasteiger partial charge >= 0.3 is 0 Å². The third kappa shape index (κ3) is 3.28. The zero-order valence-corrected chi connectivity index (χ0v) is 16.0. The van der Waals surface area contributed by atoms with Crippen molar-refractivity contribution in [2.24, 2.45) is 0 Å². The van der Waals surface area contributed by atoms with Crippen LogP contribution in [0.2, 0.25) is 0 Å². The van der Waals surface area contributed by atoms with E-state index in [0.717, 1.165) is 17.4 Å². The first-order valence-corrected chi connectivity index (χ1v) is 10.3. The van der Waals surface area contributed by atoms with Gasteiger partial charge in [-0.3, -0.25) is 0 Å². The van der Waals surface area contributed by atoms with Gasteiger partial charge in [0.1, 0.15) is 11.3 Å². The molecule has 0 fully saturated rings. The summed E-state index contributed by atoms with van der Waals surface area (Å²) in [6, 6.07) is 13.7. The van der Waals surface area contributed by atoms with E-state index in [1.54, 1.807) is 26.1 Å². The first-order valence-electron chi connectivity index (χ1n) is 8.83. The van der Waals surface area contributed by atoms with Gasteiger partial charge in [-0.2, -0.15) is 4.31 Å². The van der Waals surface area contributed by atoms with Crippen molar-refractivity contribution in [3.05, 3.63) is 54.3 Å². The largest absolute Gasteiger partial charge is 0.490 e. The SMILES string of the molecule is CC(c1cc2ccccc2o1)N(C)S(=O)(=O)c1ccc2c(c1)OCCCO2. The lowest BCUT2D eigenvalue weighted by Gasteiger charge is -2.23. The summed E-state index contributed by atoms with van der Waals surface area (Å²) in [7, 11) is -2.18. The van der Waals surface area contributed by atoms with Gasteiger partial charge in [0.2, 0.25) is 10.0 Å². The molecule has 0 radical (unpaired) electrons. The number of hydrogen-bond acceptors (Lipinski definition) is 5. The van der Waals surface area contributed by atoms with Gasteiger partial charge in [-0.05, 0) is 31.2 Å². The lowest BCUT2D eigenvalue weighted by molar-refractivity contribution is 0.296. The van der Waals surface area contributed by atoms with E-state index in [4.69, 9.17) is 13.9 Å². The number of furan rings is 1. The number of nitrogens with zero attached hydrogens (tertiary/aromatic N) is 1. The Kier molecular flexibility index (Phi) is 4.57. The second kappa shape index (κ2) is 6.90. The molecule has 4 rings (SSSR count). The molecule has 0 aliphatic carbocycles. The number of benzene rings is 2. The standard InChI is InChI=1S/C20H21NO5S/c1-14(19-12-15-6-3-4-7-17(15)26-19)21(2)27(22,23)16-8-9-18-20(13-16)25-11-5-10-24-18/h3-4,6-9,12-14H,5,10-11H2,1-2H3. The fraction of sp³-hybridized carbons (Fsp3) is 0.300. The minimum atomic E-state index is -3.73. The molecule has 0 spiro atoms. The predicted molar refractivity (Wildman–Crippen MR) is 102 cm³/mol. The minimum Gasteiger partial charge on any atom is -0.490 e. The Morgan fingerprint density at radius 1 is 1.00 bits per heavy atom. The molecule has 2 aromatic carbocycles. The number of ether oxygens (including phenoxy) is 2. The van der Waals surface area contributed by atoms with Crippen LogP contribution in [-0.2, 0) is 10.0 Å². The van der Waals surface area contributed by atoms with Crippen molar-refractivity contribution in [1.29, 1.82) is 0 Å².